The Morgan fingerprint density at radius 3 is 2.89 bits per heavy atom. The van der Waals surface area contributed by atoms with Crippen molar-refractivity contribution in [2.45, 2.75) is 50.7 Å². The van der Waals surface area contributed by atoms with Crippen molar-refractivity contribution >= 4 is 15.9 Å². The van der Waals surface area contributed by atoms with E-state index >= 15 is 0 Å². The zero-order valence-electron chi connectivity index (χ0n) is 11.2. The van der Waals surface area contributed by atoms with Gasteiger partial charge >= 0.3 is 0 Å². The Hall–Kier alpha value is -0.390. The van der Waals surface area contributed by atoms with Gasteiger partial charge in [0.1, 0.15) is 0 Å². The predicted molar refractivity (Wildman–Crippen MR) is 73.6 cm³/mol. The zero-order valence-corrected chi connectivity index (χ0v) is 12.8. The molecule has 2 atom stereocenters. The Morgan fingerprint density at radius 1 is 1.61 bits per heavy atom. The van der Waals surface area contributed by atoms with E-state index < -0.39 is 5.60 Å². The number of aryl methyl sites for hydroxylation is 2. The van der Waals surface area contributed by atoms with Gasteiger partial charge in [0.2, 0.25) is 0 Å². The van der Waals surface area contributed by atoms with Gasteiger partial charge in [0.05, 0.1) is 27.6 Å². The lowest BCUT2D eigenvalue weighted by Crippen LogP contribution is -2.40. The molecule has 0 saturated heterocycles. The molecule has 1 aromatic rings. The van der Waals surface area contributed by atoms with Gasteiger partial charge in [-0.05, 0) is 42.1 Å². The summed E-state index contributed by atoms with van der Waals surface area (Å²) in [5.41, 5.74) is 1.36. The van der Waals surface area contributed by atoms with Crippen LogP contribution in [-0.4, -0.2) is 33.7 Å². The molecule has 18 heavy (non-hydrogen) atoms. The minimum Gasteiger partial charge on any atom is -0.389 e. The Labute approximate surface area is 116 Å². The second-order valence-corrected chi connectivity index (χ2v) is 6.12. The summed E-state index contributed by atoms with van der Waals surface area (Å²) in [6.45, 7) is 1.97. The van der Waals surface area contributed by atoms with Crippen LogP contribution in [0.3, 0.4) is 0 Å². The summed E-state index contributed by atoms with van der Waals surface area (Å²) >= 11 is 3.56. The van der Waals surface area contributed by atoms with Crippen molar-refractivity contribution in [3.63, 3.8) is 0 Å². The van der Waals surface area contributed by atoms with Crippen molar-refractivity contribution in [1.82, 2.24) is 9.78 Å². The maximum absolute atomic E-state index is 10.7. The molecule has 1 heterocycles. The summed E-state index contributed by atoms with van der Waals surface area (Å²) in [4.78, 5) is 0. The Balaban J connectivity index is 2.16. The van der Waals surface area contributed by atoms with Gasteiger partial charge in [-0.1, -0.05) is 0 Å². The van der Waals surface area contributed by atoms with Crippen LogP contribution in [0.15, 0.2) is 4.47 Å². The van der Waals surface area contributed by atoms with Crippen molar-refractivity contribution in [2.75, 3.05) is 7.11 Å². The average Bonchev–Trinajstić information content (AvgIpc) is 2.56. The number of aromatic nitrogens is 2. The molecule has 4 nitrogen and oxygen atoms in total. The maximum atomic E-state index is 10.7. The van der Waals surface area contributed by atoms with Gasteiger partial charge in [0.25, 0.3) is 0 Å². The Morgan fingerprint density at radius 2 is 2.33 bits per heavy atom. The molecule has 2 unspecified atom stereocenters. The van der Waals surface area contributed by atoms with Crippen molar-refractivity contribution in [1.29, 1.82) is 0 Å². The van der Waals surface area contributed by atoms with E-state index in [0.29, 0.717) is 12.8 Å². The molecular formula is C13H21BrN2O2. The van der Waals surface area contributed by atoms with Gasteiger partial charge in [-0.3, -0.25) is 4.68 Å². The minimum atomic E-state index is -0.665. The summed E-state index contributed by atoms with van der Waals surface area (Å²) in [5, 5.41) is 15.1. The number of ether oxygens (including phenoxy) is 1. The number of halogens is 1. The summed E-state index contributed by atoms with van der Waals surface area (Å²) in [6, 6.07) is 0. The zero-order chi connectivity index (χ0) is 13.3. The highest BCUT2D eigenvalue weighted by atomic mass is 79.9. The first-order valence-electron chi connectivity index (χ1n) is 6.38. The maximum Gasteiger partial charge on any atom is 0.0738 e. The van der Waals surface area contributed by atoms with Gasteiger partial charge < -0.3 is 9.84 Å². The summed E-state index contributed by atoms with van der Waals surface area (Å²) < 4.78 is 8.26. The fraction of sp³-hybridized carbons (Fsp3) is 0.769. The molecule has 0 amide bonds. The molecule has 0 aromatic carbocycles. The minimum absolute atomic E-state index is 0.178. The first kappa shape index (κ1) is 14.0. The van der Waals surface area contributed by atoms with Gasteiger partial charge in [-0.2, -0.15) is 5.10 Å². The molecule has 0 aliphatic heterocycles. The van der Waals surface area contributed by atoms with Crippen molar-refractivity contribution in [3.8, 4) is 0 Å². The van der Waals surface area contributed by atoms with Gasteiger partial charge in [0.15, 0.2) is 0 Å². The van der Waals surface area contributed by atoms with E-state index in [9.17, 15) is 5.11 Å². The first-order valence-corrected chi connectivity index (χ1v) is 7.17. The third kappa shape index (κ3) is 2.78. The molecule has 1 aliphatic carbocycles. The lowest BCUT2D eigenvalue weighted by atomic mass is 9.80. The lowest BCUT2D eigenvalue weighted by molar-refractivity contribution is -0.0591. The second-order valence-electron chi connectivity index (χ2n) is 5.32. The predicted octanol–water partition coefficient (Wildman–Crippen LogP) is 2.35. The van der Waals surface area contributed by atoms with Gasteiger partial charge in [-0.15, -0.1) is 0 Å². The molecule has 1 aromatic heterocycles. The van der Waals surface area contributed by atoms with Crippen LogP contribution in [0.4, 0.5) is 0 Å². The monoisotopic (exact) mass is 316 g/mol. The normalized spacial score (nSPS) is 28.6. The van der Waals surface area contributed by atoms with Crippen LogP contribution in [0.2, 0.25) is 0 Å². The van der Waals surface area contributed by atoms with Crippen LogP contribution in [0.5, 0.6) is 0 Å². The second kappa shape index (κ2) is 5.31. The molecule has 0 bridgehead atoms. The highest BCUT2D eigenvalue weighted by Gasteiger charge is 2.36. The van der Waals surface area contributed by atoms with E-state index in [-0.39, 0.29) is 6.10 Å². The van der Waals surface area contributed by atoms with E-state index in [1.807, 2.05) is 18.7 Å². The molecule has 2 rings (SSSR count). The molecule has 0 spiro atoms. The summed E-state index contributed by atoms with van der Waals surface area (Å²) in [7, 11) is 3.65. The van der Waals surface area contributed by atoms with E-state index in [1.54, 1.807) is 7.11 Å². The highest BCUT2D eigenvalue weighted by molar-refractivity contribution is 9.10. The van der Waals surface area contributed by atoms with Crippen LogP contribution < -0.4 is 0 Å². The average molecular weight is 317 g/mol. The molecule has 1 aliphatic rings. The molecule has 1 saturated carbocycles. The summed E-state index contributed by atoms with van der Waals surface area (Å²) in [6.07, 6.45) is 4.42. The summed E-state index contributed by atoms with van der Waals surface area (Å²) in [5.74, 6) is 0. The van der Waals surface area contributed by atoms with Gasteiger partial charge in [0, 0.05) is 27.0 Å². The van der Waals surface area contributed by atoms with Crippen LogP contribution in [0.25, 0.3) is 0 Å². The number of aliphatic hydroxyl groups is 1. The Kier molecular flexibility index (Phi) is 4.14. The number of hydrogen-bond donors (Lipinski definition) is 1. The quantitative estimate of drug-likeness (QED) is 0.931. The standard InChI is InChI=1S/C13H21BrN2O2/c1-9-12(14)11(16(2)15-9)8-13(17)6-4-5-10(7-13)18-3/h10,17H,4-8H2,1-3H3. The van der Waals surface area contributed by atoms with Crippen LogP contribution >= 0.6 is 15.9 Å². The molecule has 1 fully saturated rings. The molecule has 5 heteroatoms. The van der Waals surface area contributed by atoms with Crippen LogP contribution in [0.1, 0.15) is 37.1 Å². The largest absolute Gasteiger partial charge is 0.389 e. The SMILES string of the molecule is COC1CCCC(O)(Cc2c(Br)c(C)nn2C)C1. The first-order chi connectivity index (χ1) is 8.45. The number of nitrogens with zero attached hydrogens (tertiary/aromatic N) is 2. The molecular weight excluding hydrogens is 296 g/mol. The Bertz CT molecular complexity index is 433. The van der Waals surface area contributed by atoms with Gasteiger partial charge in [-0.25, -0.2) is 0 Å². The van der Waals surface area contributed by atoms with Crippen LogP contribution in [-0.2, 0) is 18.2 Å². The van der Waals surface area contributed by atoms with Crippen molar-refractivity contribution in [2.24, 2.45) is 7.05 Å². The van der Waals surface area contributed by atoms with E-state index in [1.165, 1.54) is 0 Å². The molecule has 0 radical (unpaired) electrons. The fourth-order valence-corrected chi connectivity index (χ4v) is 3.31. The smallest absolute Gasteiger partial charge is 0.0738 e. The number of rotatable bonds is 3. The number of methoxy groups -OCH3 is 1. The lowest BCUT2D eigenvalue weighted by Gasteiger charge is -2.36. The number of hydrogen-bond acceptors (Lipinski definition) is 3. The van der Waals surface area contributed by atoms with E-state index in [0.717, 1.165) is 35.1 Å². The third-order valence-electron chi connectivity index (χ3n) is 3.87. The fourth-order valence-electron chi connectivity index (χ4n) is 2.83. The van der Waals surface area contributed by atoms with E-state index in [2.05, 4.69) is 21.0 Å². The van der Waals surface area contributed by atoms with Crippen molar-refractivity contribution in [3.05, 3.63) is 15.9 Å². The highest BCUT2D eigenvalue weighted by Crippen LogP contribution is 2.34. The topological polar surface area (TPSA) is 47.3 Å². The molecule has 1 N–H and O–H groups in total. The molecule has 102 valence electrons. The van der Waals surface area contributed by atoms with Crippen molar-refractivity contribution < 1.29 is 9.84 Å². The van der Waals surface area contributed by atoms with E-state index in [4.69, 9.17) is 4.74 Å². The van der Waals surface area contributed by atoms with Crippen LogP contribution in [0, 0.1) is 6.92 Å². The third-order valence-corrected chi connectivity index (χ3v) is 4.90.